The Bertz CT molecular complexity index is 383. The number of hydrogen-bond acceptors (Lipinski definition) is 3. The number of carboxylic acid groups (broad SMARTS) is 1. The van der Waals surface area contributed by atoms with E-state index in [1.165, 1.54) is 4.90 Å². The van der Waals surface area contributed by atoms with Gasteiger partial charge in [0.2, 0.25) is 0 Å². The molecule has 0 spiro atoms. The number of rotatable bonds is 3. The van der Waals surface area contributed by atoms with Crippen LogP contribution in [-0.2, 0) is 6.54 Å². The predicted molar refractivity (Wildman–Crippen MR) is 62.7 cm³/mol. The molecule has 1 aliphatic rings. The number of carbonyl (C=O) groups is 1. The quantitative estimate of drug-likeness (QED) is 0.714. The average molecular weight is 236 g/mol. The highest BCUT2D eigenvalue weighted by Gasteiger charge is 2.33. The van der Waals surface area contributed by atoms with Crippen molar-refractivity contribution in [2.24, 2.45) is 0 Å². The van der Waals surface area contributed by atoms with Crippen LogP contribution < -0.4 is 5.32 Å². The van der Waals surface area contributed by atoms with Crippen LogP contribution in [0.5, 0.6) is 0 Å². The van der Waals surface area contributed by atoms with Crippen molar-refractivity contribution in [2.45, 2.75) is 18.7 Å². The summed E-state index contributed by atoms with van der Waals surface area (Å²) in [5.41, 5.74) is 0.925. The molecule has 1 fully saturated rings. The molecule has 0 bridgehead atoms. The van der Waals surface area contributed by atoms with Crippen molar-refractivity contribution in [1.29, 1.82) is 0 Å². The Hall–Kier alpha value is -1.59. The number of aliphatic hydroxyl groups is 1. The number of β-amino-alcohol motifs (C(OH)–C–C–N with tert-alkyl or cyclic N) is 1. The Balaban J connectivity index is 2.10. The van der Waals surface area contributed by atoms with Crippen LogP contribution in [0.15, 0.2) is 30.3 Å². The van der Waals surface area contributed by atoms with E-state index in [0.717, 1.165) is 5.56 Å². The number of hydrogen-bond donors (Lipinski definition) is 3. The first-order valence-corrected chi connectivity index (χ1v) is 5.61. The van der Waals surface area contributed by atoms with Gasteiger partial charge in [0.05, 0.1) is 12.1 Å². The third kappa shape index (κ3) is 2.75. The first-order chi connectivity index (χ1) is 8.18. The molecule has 92 valence electrons. The van der Waals surface area contributed by atoms with Crippen molar-refractivity contribution in [2.75, 3.05) is 13.1 Å². The van der Waals surface area contributed by atoms with Crippen LogP contribution in [0.4, 0.5) is 4.79 Å². The molecule has 2 atom stereocenters. The second kappa shape index (κ2) is 5.16. The lowest BCUT2D eigenvalue weighted by Gasteiger charge is -2.27. The molecule has 1 aliphatic heterocycles. The molecule has 1 heterocycles. The topological polar surface area (TPSA) is 72.8 Å². The fourth-order valence-corrected chi connectivity index (χ4v) is 2.08. The fourth-order valence-electron chi connectivity index (χ4n) is 2.08. The zero-order chi connectivity index (χ0) is 12.3. The third-order valence-electron chi connectivity index (χ3n) is 2.99. The predicted octanol–water partition coefficient (Wildman–Crippen LogP) is 0.499. The largest absolute Gasteiger partial charge is 0.465 e. The summed E-state index contributed by atoms with van der Waals surface area (Å²) < 4.78 is 0. The van der Waals surface area contributed by atoms with Gasteiger partial charge in [-0.05, 0) is 5.56 Å². The van der Waals surface area contributed by atoms with E-state index >= 15 is 0 Å². The fraction of sp³-hybridized carbons (Fsp3) is 0.417. The highest BCUT2D eigenvalue weighted by Crippen LogP contribution is 2.14. The minimum atomic E-state index is -0.999. The van der Waals surface area contributed by atoms with Gasteiger partial charge in [-0.25, -0.2) is 4.79 Å². The number of nitrogens with one attached hydrogen (secondary N) is 1. The van der Waals surface area contributed by atoms with Crippen LogP contribution >= 0.6 is 0 Å². The molecule has 1 aromatic carbocycles. The van der Waals surface area contributed by atoms with E-state index in [0.29, 0.717) is 19.6 Å². The van der Waals surface area contributed by atoms with Crippen LogP contribution in [0, 0.1) is 0 Å². The summed E-state index contributed by atoms with van der Waals surface area (Å²) in [5.74, 6) is 0. The van der Waals surface area contributed by atoms with Crippen molar-refractivity contribution in [3.8, 4) is 0 Å². The second-order valence-corrected chi connectivity index (χ2v) is 4.19. The van der Waals surface area contributed by atoms with E-state index < -0.39 is 12.2 Å². The third-order valence-corrected chi connectivity index (χ3v) is 2.99. The Morgan fingerprint density at radius 2 is 2.06 bits per heavy atom. The molecule has 5 heteroatoms. The number of amides is 1. The van der Waals surface area contributed by atoms with E-state index in [2.05, 4.69) is 5.32 Å². The van der Waals surface area contributed by atoms with Crippen molar-refractivity contribution in [3.05, 3.63) is 35.9 Å². The van der Waals surface area contributed by atoms with Gasteiger partial charge in [-0.1, -0.05) is 30.3 Å². The molecule has 0 aliphatic carbocycles. The molecule has 0 radical (unpaired) electrons. The van der Waals surface area contributed by atoms with E-state index in [1.807, 2.05) is 30.3 Å². The molecule has 1 saturated heterocycles. The van der Waals surface area contributed by atoms with Crippen LogP contribution in [0.3, 0.4) is 0 Å². The maximum atomic E-state index is 11.2. The van der Waals surface area contributed by atoms with E-state index in [4.69, 9.17) is 0 Å². The summed E-state index contributed by atoms with van der Waals surface area (Å²) in [6.07, 6.45) is -1.63. The Kier molecular flexibility index (Phi) is 3.61. The molecular formula is C12H16N2O3. The summed E-state index contributed by atoms with van der Waals surface area (Å²) >= 11 is 0. The van der Waals surface area contributed by atoms with Gasteiger partial charge in [0.15, 0.2) is 0 Å². The van der Waals surface area contributed by atoms with Gasteiger partial charge in [0, 0.05) is 19.6 Å². The van der Waals surface area contributed by atoms with Crippen molar-refractivity contribution in [1.82, 2.24) is 10.2 Å². The van der Waals surface area contributed by atoms with Gasteiger partial charge in [-0.3, -0.25) is 4.90 Å². The smallest absolute Gasteiger partial charge is 0.407 e. The van der Waals surface area contributed by atoms with Gasteiger partial charge in [0.1, 0.15) is 0 Å². The summed E-state index contributed by atoms with van der Waals surface area (Å²) in [7, 11) is 0. The first-order valence-electron chi connectivity index (χ1n) is 5.61. The summed E-state index contributed by atoms with van der Waals surface area (Å²) in [4.78, 5) is 12.5. The lowest BCUT2D eigenvalue weighted by molar-refractivity contribution is 0.0705. The Morgan fingerprint density at radius 3 is 2.59 bits per heavy atom. The minimum absolute atomic E-state index is 0.305. The SMILES string of the molecule is O=C(O)N(Cc1ccccc1)[C@@H]1CNC[C@@H]1O. The van der Waals surface area contributed by atoms with Crippen molar-refractivity contribution in [3.63, 3.8) is 0 Å². The molecule has 0 unspecified atom stereocenters. The zero-order valence-corrected chi connectivity index (χ0v) is 9.41. The molecule has 1 amide bonds. The van der Waals surface area contributed by atoms with Crippen LogP contribution in [0.2, 0.25) is 0 Å². The highest BCUT2D eigenvalue weighted by molar-refractivity contribution is 5.65. The molecule has 3 N–H and O–H groups in total. The zero-order valence-electron chi connectivity index (χ0n) is 9.41. The molecular weight excluding hydrogens is 220 g/mol. The molecule has 0 saturated carbocycles. The molecule has 2 rings (SSSR count). The van der Waals surface area contributed by atoms with Gasteiger partial charge in [0.25, 0.3) is 0 Å². The Labute approximate surface area is 99.7 Å². The number of nitrogens with zero attached hydrogens (tertiary/aromatic N) is 1. The standard InChI is InChI=1S/C12H16N2O3/c15-11-7-13-6-10(11)14(12(16)17)8-9-4-2-1-3-5-9/h1-5,10-11,13,15H,6-8H2,(H,16,17)/t10-,11+/m1/s1. The number of benzene rings is 1. The molecule has 0 aromatic heterocycles. The summed E-state index contributed by atoms with van der Waals surface area (Å²) in [5, 5.41) is 21.9. The van der Waals surface area contributed by atoms with E-state index in [-0.39, 0.29) is 6.04 Å². The molecule has 17 heavy (non-hydrogen) atoms. The lowest BCUT2D eigenvalue weighted by atomic mass is 10.1. The van der Waals surface area contributed by atoms with Crippen LogP contribution in [0.1, 0.15) is 5.56 Å². The lowest BCUT2D eigenvalue weighted by Crippen LogP contribution is -2.45. The van der Waals surface area contributed by atoms with Crippen LogP contribution in [-0.4, -0.2) is 46.4 Å². The van der Waals surface area contributed by atoms with Crippen LogP contribution in [0.25, 0.3) is 0 Å². The normalized spacial score (nSPS) is 23.6. The van der Waals surface area contributed by atoms with Gasteiger partial charge in [-0.15, -0.1) is 0 Å². The second-order valence-electron chi connectivity index (χ2n) is 4.19. The van der Waals surface area contributed by atoms with Crippen molar-refractivity contribution >= 4 is 6.09 Å². The maximum absolute atomic E-state index is 11.2. The van der Waals surface area contributed by atoms with Gasteiger partial charge in [-0.2, -0.15) is 0 Å². The van der Waals surface area contributed by atoms with E-state index in [1.54, 1.807) is 0 Å². The summed E-state index contributed by atoms with van der Waals surface area (Å²) in [6, 6.07) is 9.03. The van der Waals surface area contributed by atoms with Crippen molar-refractivity contribution < 1.29 is 15.0 Å². The van der Waals surface area contributed by atoms with Gasteiger partial charge >= 0.3 is 6.09 Å². The summed E-state index contributed by atoms with van der Waals surface area (Å²) in [6.45, 7) is 1.25. The molecule has 1 aromatic rings. The average Bonchev–Trinajstić information content (AvgIpc) is 2.73. The highest BCUT2D eigenvalue weighted by atomic mass is 16.4. The number of aliphatic hydroxyl groups excluding tert-OH is 1. The van der Waals surface area contributed by atoms with E-state index in [9.17, 15) is 15.0 Å². The maximum Gasteiger partial charge on any atom is 0.407 e. The Morgan fingerprint density at radius 1 is 1.35 bits per heavy atom. The molecule has 5 nitrogen and oxygen atoms in total. The van der Waals surface area contributed by atoms with Gasteiger partial charge < -0.3 is 15.5 Å². The minimum Gasteiger partial charge on any atom is -0.465 e. The first kappa shape index (κ1) is 11.9. The monoisotopic (exact) mass is 236 g/mol.